The van der Waals surface area contributed by atoms with Crippen LogP contribution in [-0.2, 0) is 11.3 Å². The third-order valence-corrected chi connectivity index (χ3v) is 3.83. The van der Waals surface area contributed by atoms with Crippen molar-refractivity contribution in [2.75, 3.05) is 12.4 Å². The van der Waals surface area contributed by atoms with Crippen LogP contribution in [0.3, 0.4) is 0 Å². The molecule has 3 nitrogen and oxygen atoms in total. The van der Waals surface area contributed by atoms with Gasteiger partial charge in [0.15, 0.2) is 0 Å². The van der Waals surface area contributed by atoms with E-state index in [0.29, 0.717) is 32.9 Å². The highest BCUT2D eigenvalue weighted by molar-refractivity contribution is 6.42. The van der Waals surface area contributed by atoms with Gasteiger partial charge in [-0.15, -0.1) is 0 Å². The van der Waals surface area contributed by atoms with Crippen LogP contribution in [0.1, 0.15) is 15.9 Å². The zero-order valence-corrected chi connectivity index (χ0v) is 13.4. The van der Waals surface area contributed by atoms with E-state index in [1.807, 2.05) is 6.07 Å². The number of anilines is 1. The zero-order chi connectivity index (χ0) is 15.4. The summed E-state index contributed by atoms with van der Waals surface area (Å²) in [5.74, 6) is -0.450. The standard InChI is InChI=1S/C15H12Cl3NO2/c1-21-15(20)11-7-10(16)3-5-14(11)19-8-9-2-4-12(17)13(18)6-9/h2-7,19H,8H2,1H3. The molecule has 0 spiro atoms. The molecule has 2 aromatic carbocycles. The molecule has 0 radical (unpaired) electrons. The molecule has 6 heteroatoms. The second-order valence-corrected chi connectivity index (χ2v) is 5.53. The number of ether oxygens (including phenoxy) is 1. The van der Waals surface area contributed by atoms with Gasteiger partial charge in [-0.25, -0.2) is 4.79 Å². The van der Waals surface area contributed by atoms with Crippen LogP contribution in [-0.4, -0.2) is 13.1 Å². The molecule has 0 fully saturated rings. The molecule has 1 N–H and O–H groups in total. The Morgan fingerprint density at radius 3 is 2.52 bits per heavy atom. The summed E-state index contributed by atoms with van der Waals surface area (Å²) in [6.45, 7) is 0.489. The van der Waals surface area contributed by atoms with Gasteiger partial charge in [0.1, 0.15) is 0 Å². The molecule has 110 valence electrons. The molecule has 0 aliphatic carbocycles. The van der Waals surface area contributed by atoms with Crippen molar-refractivity contribution in [1.29, 1.82) is 0 Å². The largest absolute Gasteiger partial charge is 0.465 e. The average molecular weight is 345 g/mol. The van der Waals surface area contributed by atoms with E-state index < -0.39 is 5.97 Å². The minimum atomic E-state index is -0.450. The lowest BCUT2D eigenvalue weighted by Crippen LogP contribution is -2.08. The van der Waals surface area contributed by atoms with E-state index in [4.69, 9.17) is 39.5 Å². The van der Waals surface area contributed by atoms with Crippen LogP contribution in [0.4, 0.5) is 5.69 Å². The van der Waals surface area contributed by atoms with Gasteiger partial charge >= 0.3 is 5.97 Å². The first-order chi connectivity index (χ1) is 10.0. The molecule has 0 amide bonds. The Morgan fingerprint density at radius 1 is 1.10 bits per heavy atom. The molecule has 0 saturated heterocycles. The number of benzene rings is 2. The Morgan fingerprint density at radius 2 is 1.86 bits per heavy atom. The van der Waals surface area contributed by atoms with Crippen molar-refractivity contribution in [3.63, 3.8) is 0 Å². The van der Waals surface area contributed by atoms with Gasteiger partial charge in [-0.1, -0.05) is 40.9 Å². The molecule has 21 heavy (non-hydrogen) atoms. The molecular weight excluding hydrogens is 333 g/mol. The zero-order valence-electron chi connectivity index (χ0n) is 11.1. The SMILES string of the molecule is COC(=O)c1cc(Cl)ccc1NCc1ccc(Cl)c(Cl)c1. The molecule has 2 rings (SSSR count). The van der Waals surface area contributed by atoms with Gasteiger partial charge in [0.2, 0.25) is 0 Å². The van der Waals surface area contributed by atoms with Crippen LogP contribution in [0.5, 0.6) is 0 Å². The Labute approximate surface area is 137 Å². The molecule has 0 bridgehead atoms. The lowest BCUT2D eigenvalue weighted by molar-refractivity contribution is 0.0602. The van der Waals surface area contributed by atoms with E-state index in [2.05, 4.69) is 5.32 Å². The second kappa shape index (κ2) is 7.03. The quantitative estimate of drug-likeness (QED) is 0.789. The number of carbonyl (C=O) groups is 1. The first-order valence-electron chi connectivity index (χ1n) is 6.07. The minimum absolute atomic E-state index is 0.380. The maximum Gasteiger partial charge on any atom is 0.340 e. The molecular formula is C15H12Cl3NO2. The van der Waals surface area contributed by atoms with Crippen LogP contribution >= 0.6 is 34.8 Å². The van der Waals surface area contributed by atoms with Gasteiger partial charge in [-0.05, 0) is 35.9 Å². The van der Waals surface area contributed by atoms with E-state index >= 15 is 0 Å². The summed E-state index contributed by atoms with van der Waals surface area (Å²) in [4.78, 5) is 11.7. The smallest absolute Gasteiger partial charge is 0.340 e. The Balaban J connectivity index is 2.19. The maximum atomic E-state index is 11.7. The first kappa shape index (κ1) is 16.0. The van der Waals surface area contributed by atoms with E-state index in [0.717, 1.165) is 5.56 Å². The van der Waals surface area contributed by atoms with Gasteiger partial charge < -0.3 is 10.1 Å². The number of hydrogen-bond donors (Lipinski definition) is 1. The highest BCUT2D eigenvalue weighted by atomic mass is 35.5. The first-order valence-corrected chi connectivity index (χ1v) is 7.20. The number of hydrogen-bond acceptors (Lipinski definition) is 3. The predicted octanol–water partition coefficient (Wildman–Crippen LogP) is 5.05. The highest BCUT2D eigenvalue weighted by Gasteiger charge is 2.12. The van der Waals surface area contributed by atoms with Crippen molar-refractivity contribution in [3.8, 4) is 0 Å². The number of nitrogens with one attached hydrogen (secondary N) is 1. The number of esters is 1. The summed E-state index contributed by atoms with van der Waals surface area (Å²) in [5, 5.41) is 4.61. The van der Waals surface area contributed by atoms with Crippen LogP contribution in [0.2, 0.25) is 15.1 Å². The Kier molecular flexibility index (Phi) is 5.34. The van der Waals surface area contributed by atoms with Crippen molar-refractivity contribution < 1.29 is 9.53 Å². The summed E-state index contributed by atoms with van der Waals surface area (Å²) in [6.07, 6.45) is 0. The molecule has 0 aromatic heterocycles. The van der Waals surface area contributed by atoms with Gasteiger partial charge in [0.05, 0.1) is 22.7 Å². The lowest BCUT2D eigenvalue weighted by Gasteiger charge is -2.11. The van der Waals surface area contributed by atoms with Crippen molar-refractivity contribution >= 4 is 46.5 Å². The monoisotopic (exact) mass is 343 g/mol. The Hall–Kier alpha value is -1.42. The number of methoxy groups -OCH3 is 1. The topological polar surface area (TPSA) is 38.3 Å². The molecule has 0 unspecified atom stereocenters. The van der Waals surface area contributed by atoms with Crippen LogP contribution < -0.4 is 5.32 Å². The van der Waals surface area contributed by atoms with E-state index in [1.165, 1.54) is 7.11 Å². The Bertz CT molecular complexity index is 674. The third-order valence-electron chi connectivity index (χ3n) is 2.85. The van der Waals surface area contributed by atoms with Crippen LogP contribution in [0, 0.1) is 0 Å². The van der Waals surface area contributed by atoms with E-state index in [9.17, 15) is 4.79 Å². The number of halogens is 3. The van der Waals surface area contributed by atoms with Gasteiger partial charge in [-0.2, -0.15) is 0 Å². The fourth-order valence-corrected chi connectivity index (χ4v) is 2.29. The van der Waals surface area contributed by atoms with Gasteiger partial charge in [0.25, 0.3) is 0 Å². The van der Waals surface area contributed by atoms with Crippen LogP contribution in [0.25, 0.3) is 0 Å². The second-order valence-electron chi connectivity index (χ2n) is 4.28. The summed E-state index contributed by atoms with van der Waals surface area (Å²) >= 11 is 17.7. The maximum absolute atomic E-state index is 11.7. The molecule has 0 atom stereocenters. The van der Waals surface area contributed by atoms with Gasteiger partial charge in [-0.3, -0.25) is 0 Å². The fraction of sp³-hybridized carbons (Fsp3) is 0.133. The van der Waals surface area contributed by atoms with Gasteiger partial charge in [0, 0.05) is 17.3 Å². The molecule has 2 aromatic rings. The van der Waals surface area contributed by atoms with Crippen molar-refractivity contribution in [3.05, 3.63) is 62.6 Å². The van der Waals surface area contributed by atoms with Crippen molar-refractivity contribution in [2.45, 2.75) is 6.54 Å². The summed E-state index contributed by atoms with van der Waals surface area (Å²) in [5.41, 5.74) is 1.96. The molecule has 0 saturated carbocycles. The minimum Gasteiger partial charge on any atom is -0.465 e. The predicted molar refractivity (Wildman–Crippen MR) is 86.6 cm³/mol. The molecule has 0 aliphatic heterocycles. The average Bonchev–Trinajstić information content (AvgIpc) is 2.48. The summed E-state index contributed by atoms with van der Waals surface area (Å²) in [7, 11) is 1.33. The fourth-order valence-electron chi connectivity index (χ4n) is 1.80. The number of rotatable bonds is 4. The lowest BCUT2D eigenvalue weighted by atomic mass is 10.1. The number of carbonyl (C=O) groups excluding carboxylic acids is 1. The van der Waals surface area contributed by atoms with Crippen molar-refractivity contribution in [1.82, 2.24) is 0 Å². The van der Waals surface area contributed by atoms with Crippen LogP contribution in [0.15, 0.2) is 36.4 Å². The third kappa shape index (κ3) is 4.03. The highest BCUT2D eigenvalue weighted by Crippen LogP contribution is 2.25. The van der Waals surface area contributed by atoms with E-state index in [-0.39, 0.29) is 0 Å². The molecule has 0 aliphatic rings. The normalized spacial score (nSPS) is 10.3. The summed E-state index contributed by atoms with van der Waals surface area (Å²) < 4.78 is 4.74. The molecule has 0 heterocycles. The summed E-state index contributed by atoms with van der Waals surface area (Å²) in [6, 6.07) is 10.3. The van der Waals surface area contributed by atoms with E-state index in [1.54, 1.807) is 30.3 Å². The van der Waals surface area contributed by atoms with Crippen molar-refractivity contribution in [2.24, 2.45) is 0 Å².